The third kappa shape index (κ3) is 12.7. The predicted molar refractivity (Wildman–Crippen MR) is 71.2 cm³/mol. The van der Waals surface area contributed by atoms with Crippen molar-refractivity contribution in [1.82, 2.24) is 0 Å². The Morgan fingerprint density at radius 3 is 2.47 bits per heavy atom. The molecule has 0 saturated carbocycles. The first kappa shape index (κ1) is 15.8. The number of hydrogen-bond acceptors (Lipinski definition) is 3. The van der Waals surface area contributed by atoms with E-state index in [2.05, 4.69) is 51.3 Å². The van der Waals surface area contributed by atoms with Crippen LogP contribution in [0.15, 0.2) is 11.6 Å². The summed E-state index contributed by atoms with van der Waals surface area (Å²) in [6, 6.07) is 0. The number of rotatable bonds is 7. The summed E-state index contributed by atoms with van der Waals surface area (Å²) < 4.78 is 17.5. The van der Waals surface area contributed by atoms with Gasteiger partial charge in [-0.05, 0) is 39.0 Å². The van der Waals surface area contributed by atoms with Crippen molar-refractivity contribution in [2.45, 2.75) is 40.0 Å². The molecule has 0 spiro atoms. The first-order valence-corrected chi connectivity index (χ1v) is 8.72. The molecule has 0 amide bonds. The minimum absolute atomic E-state index is 0.354. The van der Waals surface area contributed by atoms with Crippen molar-refractivity contribution in [3.05, 3.63) is 11.6 Å². The van der Waals surface area contributed by atoms with Crippen molar-refractivity contribution in [3.63, 3.8) is 0 Å². The molecule has 1 nitrogen and oxygen atoms in total. The topological polar surface area (TPSA) is 9.23 Å². The molecule has 0 aromatic rings. The standard InChI is InChI=1S/C10H20FOPS2/c1-9(2)5-4-6-10(3)7-8-12-13(11,14)15/h5,10H,4,6-8H2,1-3H3,(H,14,15)/p-1. The second-order valence-electron chi connectivity index (χ2n) is 4.02. The van der Waals surface area contributed by atoms with Crippen LogP contribution in [0, 0.1) is 5.92 Å². The highest BCUT2D eigenvalue weighted by Gasteiger charge is 2.08. The van der Waals surface area contributed by atoms with Gasteiger partial charge in [0.2, 0.25) is 0 Å². The largest absolute Gasteiger partial charge is 0.510 e. The summed E-state index contributed by atoms with van der Waals surface area (Å²) in [6.45, 7) is 6.66. The summed E-state index contributed by atoms with van der Waals surface area (Å²) >= 11 is 8.77. The third-order valence-corrected chi connectivity index (χ3v) is 3.19. The molecule has 5 heteroatoms. The maximum Gasteiger partial charge on any atom is 0.0976 e. The fourth-order valence-corrected chi connectivity index (χ4v) is 1.93. The zero-order valence-electron chi connectivity index (χ0n) is 9.53. The second-order valence-corrected chi connectivity index (χ2v) is 8.65. The van der Waals surface area contributed by atoms with E-state index in [-0.39, 0.29) is 0 Å². The van der Waals surface area contributed by atoms with E-state index in [0.717, 1.165) is 19.3 Å². The molecule has 0 aliphatic rings. The van der Waals surface area contributed by atoms with Crippen LogP contribution in [-0.4, -0.2) is 6.61 Å². The summed E-state index contributed by atoms with van der Waals surface area (Å²) in [5.41, 5.74) is 1.34. The van der Waals surface area contributed by atoms with Gasteiger partial charge in [-0.2, -0.15) is 0 Å². The highest BCUT2D eigenvalue weighted by molar-refractivity contribution is 8.69. The van der Waals surface area contributed by atoms with Gasteiger partial charge in [-0.3, -0.25) is 0 Å². The zero-order valence-corrected chi connectivity index (χ0v) is 12.1. The summed E-state index contributed by atoms with van der Waals surface area (Å²) in [6.07, 6.45) is 1.85. The molecule has 0 aromatic heterocycles. The molecule has 0 bridgehead atoms. The second kappa shape index (κ2) is 7.94. The fourth-order valence-electron chi connectivity index (χ4n) is 1.16. The molecule has 0 N–H and O–H groups in total. The Morgan fingerprint density at radius 2 is 2.00 bits per heavy atom. The Kier molecular flexibility index (Phi) is 8.34. The summed E-state index contributed by atoms with van der Waals surface area (Å²) in [5, 5.41) is 0. The van der Waals surface area contributed by atoms with E-state index in [0.29, 0.717) is 12.5 Å². The van der Waals surface area contributed by atoms with Gasteiger partial charge in [0.05, 0.1) is 12.8 Å². The third-order valence-electron chi connectivity index (χ3n) is 2.07. The lowest BCUT2D eigenvalue weighted by molar-refractivity contribution is 0.296. The van der Waals surface area contributed by atoms with E-state index >= 15 is 0 Å². The first-order chi connectivity index (χ1) is 6.81. The molecular weight excluding hydrogens is 250 g/mol. The Morgan fingerprint density at radius 1 is 1.40 bits per heavy atom. The number of hydrogen-bond donors (Lipinski definition) is 0. The molecule has 0 aromatic carbocycles. The molecule has 15 heavy (non-hydrogen) atoms. The van der Waals surface area contributed by atoms with Crippen LogP contribution in [0.4, 0.5) is 4.20 Å². The maximum atomic E-state index is 12.7. The highest BCUT2D eigenvalue weighted by Crippen LogP contribution is 2.57. The molecule has 1 unspecified atom stereocenters. The SMILES string of the molecule is CC(C)=CCCC(C)CCO[P+](F)([S-])[S-]. The highest BCUT2D eigenvalue weighted by atomic mass is 33.1. The minimum atomic E-state index is -3.36. The van der Waals surface area contributed by atoms with Crippen LogP contribution in [0.2, 0.25) is 0 Å². The van der Waals surface area contributed by atoms with Gasteiger partial charge >= 0.3 is 0 Å². The Labute approximate surface area is 104 Å². The van der Waals surface area contributed by atoms with Crippen molar-refractivity contribution in [1.29, 1.82) is 0 Å². The molecule has 90 valence electrons. The van der Waals surface area contributed by atoms with Gasteiger partial charge in [0, 0.05) is 0 Å². The summed E-state index contributed by atoms with van der Waals surface area (Å²) in [4.78, 5) is 0. The number of halogens is 1. The monoisotopic (exact) mass is 269 g/mol. The van der Waals surface area contributed by atoms with Crippen LogP contribution < -0.4 is 0 Å². The van der Waals surface area contributed by atoms with Crippen molar-refractivity contribution in [3.8, 4) is 0 Å². The van der Waals surface area contributed by atoms with Crippen LogP contribution in [0.25, 0.3) is 0 Å². The van der Waals surface area contributed by atoms with Crippen molar-refractivity contribution >= 4 is 30.7 Å². The molecule has 0 aliphatic heterocycles. The van der Waals surface area contributed by atoms with E-state index in [9.17, 15) is 4.20 Å². The molecule has 0 saturated heterocycles. The fraction of sp³-hybridized carbons (Fsp3) is 0.800. The van der Waals surface area contributed by atoms with Crippen molar-refractivity contribution < 1.29 is 8.72 Å². The number of allylic oxidation sites excluding steroid dienone is 2. The van der Waals surface area contributed by atoms with Gasteiger partial charge in [0.1, 0.15) is 0 Å². The van der Waals surface area contributed by atoms with E-state index in [1.807, 2.05) is 0 Å². The smallest absolute Gasteiger partial charge is 0.0976 e. The van der Waals surface area contributed by atoms with E-state index in [4.69, 9.17) is 4.52 Å². The van der Waals surface area contributed by atoms with Crippen LogP contribution in [-0.2, 0) is 29.0 Å². The lowest BCUT2D eigenvalue weighted by Gasteiger charge is -2.24. The predicted octanol–water partition coefficient (Wildman–Crippen LogP) is 4.52. The maximum absolute atomic E-state index is 12.7. The van der Waals surface area contributed by atoms with Gasteiger partial charge in [-0.1, -0.05) is 22.8 Å². The van der Waals surface area contributed by atoms with Crippen LogP contribution in [0.5, 0.6) is 0 Å². The molecule has 0 radical (unpaired) electrons. The lowest BCUT2D eigenvalue weighted by Crippen LogP contribution is -2.00. The van der Waals surface area contributed by atoms with Crippen LogP contribution in [0.3, 0.4) is 0 Å². The Hall–Kier alpha value is 0.760. The average molecular weight is 269 g/mol. The van der Waals surface area contributed by atoms with Gasteiger partial charge in [-0.15, -0.1) is 0 Å². The average Bonchev–Trinajstić information content (AvgIpc) is 2.00. The summed E-state index contributed by atoms with van der Waals surface area (Å²) in [5.74, 6) is 0.525. The lowest BCUT2D eigenvalue weighted by atomic mass is 10.0. The van der Waals surface area contributed by atoms with Crippen LogP contribution >= 0.6 is 6.20 Å². The molecule has 0 fully saturated rings. The normalized spacial score (nSPS) is 13.7. The quantitative estimate of drug-likeness (QED) is 0.382. The molecular formula is C10H19FOPS2-. The van der Waals surface area contributed by atoms with Crippen molar-refractivity contribution in [2.24, 2.45) is 5.92 Å². The van der Waals surface area contributed by atoms with E-state index in [1.54, 1.807) is 0 Å². The molecule has 0 aliphatic carbocycles. The van der Waals surface area contributed by atoms with Gasteiger partial charge in [-0.25, -0.2) is 4.52 Å². The Balaban J connectivity index is 3.50. The van der Waals surface area contributed by atoms with Crippen LogP contribution in [0.1, 0.15) is 40.0 Å². The zero-order chi connectivity index (χ0) is 11.9. The molecule has 0 heterocycles. The first-order valence-electron chi connectivity index (χ1n) is 5.10. The minimum Gasteiger partial charge on any atom is -0.510 e. The Bertz CT molecular complexity index is 200. The van der Waals surface area contributed by atoms with E-state index in [1.165, 1.54) is 5.57 Å². The van der Waals surface area contributed by atoms with Gasteiger partial charge in [0.25, 0.3) is 0 Å². The van der Waals surface area contributed by atoms with Gasteiger partial charge in [0.15, 0.2) is 0 Å². The van der Waals surface area contributed by atoms with Gasteiger partial charge < -0.3 is 24.5 Å². The molecule has 0 rings (SSSR count). The van der Waals surface area contributed by atoms with E-state index < -0.39 is 6.20 Å². The summed E-state index contributed by atoms with van der Waals surface area (Å²) in [7, 11) is 0. The van der Waals surface area contributed by atoms with Crippen molar-refractivity contribution in [2.75, 3.05) is 6.61 Å². The molecule has 1 atom stereocenters.